The van der Waals surface area contributed by atoms with Gasteiger partial charge in [-0.1, -0.05) is 79.5 Å². The van der Waals surface area contributed by atoms with Gasteiger partial charge < -0.3 is 0 Å². The highest BCUT2D eigenvalue weighted by Gasteiger charge is 2.63. The van der Waals surface area contributed by atoms with E-state index in [0.29, 0.717) is 36.5 Å². The van der Waals surface area contributed by atoms with Crippen molar-refractivity contribution in [2.24, 2.45) is 5.92 Å². The summed E-state index contributed by atoms with van der Waals surface area (Å²) in [7, 11) is -0.803. The predicted octanol–water partition coefficient (Wildman–Crippen LogP) is 6.29. The molecule has 208 valence electrons. The largest absolute Gasteiger partial charge is 0.282 e. The van der Waals surface area contributed by atoms with Crippen LogP contribution in [0.4, 0.5) is 0 Å². The van der Waals surface area contributed by atoms with Crippen LogP contribution in [-0.2, 0) is 30.8 Å². The van der Waals surface area contributed by atoms with Crippen molar-refractivity contribution in [2.75, 3.05) is 27.4 Å². The van der Waals surface area contributed by atoms with Gasteiger partial charge in [-0.25, -0.2) is 8.42 Å². The number of quaternary nitrogens is 2. The molecule has 1 atom stereocenters. The van der Waals surface area contributed by atoms with Gasteiger partial charge in [-0.3, -0.25) is 0 Å². The molecule has 4 rings (SSSR count). The number of sulfone groups is 1. The molecule has 0 aliphatic carbocycles. The van der Waals surface area contributed by atoms with E-state index in [4.69, 9.17) is 14.5 Å². The van der Waals surface area contributed by atoms with Gasteiger partial charge in [0.2, 0.25) is 5.70 Å². The third kappa shape index (κ3) is 5.20. The molecule has 39 heavy (non-hydrogen) atoms. The number of fused-ring (bicyclic) bond motifs is 1. The minimum atomic E-state index is -4.00. The molecule has 0 aromatic heterocycles. The first-order chi connectivity index (χ1) is 18.7. The summed E-state index contributed by atoms with van der Waals surface area (Å²) in [6, 6.07) is 16.9. The van der Waals surface area contributed by atoms with Gasteiger partial charge in [0, 0.05) is 12.5 Å². The third-order valence-corrected chi connectivity index (χ3v) is 9.03. The molecule has 0 spiro atoms. The molecule has 0 saturated carbocycles. The fourth-order valence-electron chi connectivity index (χ4n) is 5.36. The Morgan fingerprint density at radius 2 is 1.69 bits per heavy atom. The average Bonchev–Trinajstić information content (AvgIpc) is 3.26. The zero-order chi connectivity index (χ0) is 28.3. The molecule has 1 unspecified atom stereocenters. The predicted molar refractivity (Wildman–Crippen MR) is 151 cm³/mol. The first-order valence-electron chi connectivity index (χ1n) is 13.4. The SMILES string of the molecule is CCCO[N+]12C=CC=CC1=C([N+](CCc1cccc(C)c1)(OC)OC)C(C(C)C)=C2S(=O)(=O)c1ccccc1. The molecule has 0 amide bonds. The Balaban J connectivity index is 2.01. The fraction of sp³-hybridized carbons (Fsp3) is 0.355. The van der Waals surface area contributed by atoms with Crippen LogP contribution in [0.25, 0.3) is 0 Å². The molecular formula is C31H40N2O5S+2. The van der Waals surface area contributed by atoms with Gasteiger partial charge in [-0.05, 0) is 47.8 Å². The standard InChI is InChI=1S/C31H40N2O5S/c1-7-22-38-32-20-12-11-18-28(32)30(33(36-5,37-6)21-19-26-15-13-14-25(4)23-26)29(24(2)3)31(32)39(34,35)27-16-9-8-10-17-27/h8-18,20,23-24H,7,19,21-22H2,1-6H3/q+2. The van der Waals surface area contributed by atoms with E-state index in [2.05, 4.69) is 25.1 Å². The summed E-state index contributed by atoms with van der Waals surface area (Å²) >= 11 is 0. The molecule has 0 bridgehead atoms. The van der Waals surface area contributed by atoms with Crippen molar-refractivity contribution >= 4 is 9.84 Å². The van der Waals surface area contributed by atoms with E-state index in [0.717, 1.165) is 12.0 Å². The monoisotopic (exact) mass is 552 g/mol. The number of aryl methyl sites for hydroxylation is 1. The quantitative estimate of drug-likeness (QED) is 0.229. The molecule has 2 aromatic rings. The van der Waals surface area contributed by atoms with Crippen molar-refractivity contribution < 1.29 is 32.4 Å². The molecule has 7 nitrogen and oxygen atoms in total. The van der Waals surface area contributed by atoms with Crippen molar-refractivity contribution in [3.05, 3.63) is 112 Å². The fourth-order valence-corrected chi connectivity index (χ4v) is 7.28. The van der Waals surface area contributed by atoms with Crippen LogP contribution in [0.15, 0.2) is 106 Å². The Morgan fingerprint density at radius 3 is 2.31 bits per heavy atom. The van der Waals surface area contributed by atoms with Crippen LogP contribution in [0.5, 0.6) is 0 Å². The summed E-state index contributed by atoms with van der Waals surface area (Å²) in [6.45, 7) is 8.86. The van der Waals surface area contributed by atoms with E-state index in [1.165, 1.54) is 5.56 Å². The second-order valence-electron chi connectivity index (χ2n) is 10.1. The van der Waals surface area contributed by atoms with E-state index in [9.17, 15) is 8.42 Å². The second-order valence-corrected chi connectivity index (χ2v) is 12.0. The smallest absolute Gasteiger partial charge is 0.213 e. The number of benzene rings is 2. The molecule has 0 radical (unpaired) electrons. The van der Waals surface area contributed by atoms with Gasteiger partial charge in [0.1, 0.15) is 32.6 Å². The van der Waals surface area contributed by atoms with E-state index >= 15 is 0 Å². The topological polar surface area (TPSA) is 61.8 Å². The van der Waals surface area contributed by atoms with Gasteiger partial charge in [0.15, 0.2) is 6.54 Å². The summed E-state index contributed by atoms with van der Waals surface area (Å²) in [5, 5.41) is 0.176. The van der Waals surface area contributed by atoms with Crippen LogP contribution in [0.1, 0.15) is 38.3 Å². The summed E-state index contributed by atoms with van der Waals surface area (Å²) in [4.78, 5) is 18.8. The molecule has 2 aliphatic heterocycles. The summed E-state index contributed by atoms with van der Waals surface area (Å²) in [5.74, 6) is -0.185. The number of allylic oxidation sites excluding steroid dienone is 4. The van der Waals surface area contributed by atoms with E-state index in [1.807, 2.05) is 51.1 Å². The van der Waals surface area contributed by atoms with Crippen molar-refractivity contribution in [1.82, 2.24) is 0 Å². The van der Waals surface area contributed by atoms with Gasteiger partial charge in [-0.2, -0.15) is 14.5 Å². The van der Waals surface area contributed by atoms with E-state index in [1.54, 1.807) is 44.7 Å². The van der Waals surface area contributed by atoms with Crippen molar-refractivity contribution in [2.45, 2.75) is 45.4 Å². The lowest BCUT2D eigenvalue weighted by molar-refractivity contribution is -1.22. The summed E-state index contributed by atoms with van der Waals surface area (Å²) < 4.78 is 28.7. The Hall–Kier alpha value is -2.85. The van der Waals surface area contributed by atoms with Crippen LogP contribution in [0, 0.1) is 12.8 Å². The van der Waals surface area contributed by atoms with E-state index in [-0.39, 0.29) is 25.3 Å². The van der Waals surface area contributed by atoms with Crippen molar-refractivity contribution in [1.29, 1.82) is 0 Å². The van der Waals surface area contributed by atoms with Crippen LogP contribution in [0.2, 0.25) is 0 Å². The molecular weight excluding hydrogens is 512 g/mol. The minimum absolute atomic E-state index is 0.176. The Kier molecular flexibility index (Phi) is 8.75. The van der Waals surface area contributed by atoms with Crippen molar-refractivity contribution in [3.8, 4) is 0 Å². The van der Waals surface area contributed by atoms with Gasteiger partial charge >= 0.3 is 0 Å². The average molecular weight is 553 g/mol. The number of hydroxylamine groups is 7. The van der Waals surface area contributed by atoms with Crippen molar-refractivity contribution in [3.63, 3.8) is 0 Å². The number of rotatable bonds is 12. The molecule has 0 saturated heterocycles. The maximum absolute atomic E-state index is 14.5. The van der Waals surface area contributed by atoms with Gasteiger partial charge in [0.25, 0.3) is 20.6 Å². The van der Waals surface area contributed by atoms with Gasteiger partial charge in [-0.15, -0.1) is 0 Å². The zero-order valence-corrected chi connectivity index (χ0v) is 24.6. The molecule has 2 aromatic carbocycles. The minimum Gasteiger partial charge on any atom is -0.213 e. The zero-order valence-electron chi connectivity index (χ0n) is 23.8. The molecule has 2 aliphatic rings. The number of hydrogen-bond donors (Lipinski definition) is 0. The Labute approximate surface area is 232 Å². The number of nitrogens with zero attached hydrogens (tertiary/aromatic N) is 2. The molecule has 2 heterocycles. The second kappa shape index (κ2) is 11.7. The first-order valence-corrected chi connectivity index (χ1v) is 14.9. The highest BCUT2D eigenvalue weighted by Crippen LogP contribution is 2.52. The summed E-state index contributed by atoms with van der Waals surface area (Å²) in [5.41, 5.74) is 4.26. The molecule has 8 heteroatoms. The van der Waals surface area contributed by atoms with Crippen LogP contribution in [0.3, 0.4) is 0 Å². The highest BCUT2D eigenvalue weighted by molar-refractivity contribution is 7.95. The van der Waals surface area contributed by atoms with E-state index < -0.39 is 9.84 Å². The first kappa shape index (κ1) is 29.1. The van der Waals surface area contributed by atoms with Gasteiger partial charge in [0.05, 0.1) is 4.90 Å². The molecule has 0 N–H and O–H groups in total. The van der Waals surface area contributed by atoms with Crippen LogP contribution in [-0.4, -0.2) is 45.2 Å². The Morgan fingerprint density at radius 1 is 0.974 bits per heavy atom. The molecule has 0 fully saturated rings. The van der Waals surface area contributed by atoms with Crippen LogP contribution >= 0.6 is 0 Å². The lowest BCUT2D eigenvalue weighted by atomic mass is 10.00. The third-order valence-electron chi connectivity index (χ3n) is 7.14. The number of hydrogen-bond acceptors (Lipinski definition) is 5. The van der Waals surface area contributed by atoms with Crippen LogP contribution < -0.4 is 0 Å². The maximum atomic E-state index is 14.5. The normalized spacial score (nSPS) is 19.4. The lowest BCUT2D eigenvalue weighted by Gasteiger charge is -2.32. The summed E-state index contributed by atoms with van der Waals surface area (Å²) in [6.07, 6.45) is 8.83. The Bertz CT molecular complexity index is 1420. The highest BCUT2D eigenvalue weighted by atomic mass is 32.2. The lowest BCUT2D eigenvalue weighted by Crippen LogP contribution is -2.48. The maximum Gasteiger partial charge on any atom is 0.282 e.